The van der Waals surface area contributed by atoms with E-state index in [0.29, 0.717) is 11.8 Å². The zero-order valence-electron chi connectivity index (χ0n) is 17.7. The van der Waals surface area contributed by atoms with Gasteiger partial charge in [-0.25, -0.2) is 28.4 Å². The maximum atomic E-state index is 14.0. The number of rotatable bonds is 5. The summed E-state index contributed by atoms with van der Waals surface area (Å²) in [5.74, 6) is -2.50. The highest BCUT2D eigenvalue weighted by atomic mass is 19.4. The molecule has 2 aromatic carbocycles. The number of ether oxygens (including phenoxy) is 1. The lowest BCUT2D eigenvalue weighted by atomic mass is 10.1. The normalized spacial score (nSPS) is 11.4. The van der Waals surface area contributed by atoms with Crippen molar-refractivity contribution in [2.45, 2.75) is 12.7 Å². The molecule has 2 N–H and O–H groups in total. The van der Waals surface area contributed by atoms with Gasteiger partial charge in [-0.3, -0.25) is 13.9 Å². The summed E-state index contributed by atoms with van der Waals surface area (Å²) < 4.78 is 61.0. The zero-order chi connectivity index (χ0) is 26.2. The van der Waals surface area contributed by atoms with Gasteiger partial charge < -0.3 is 9.84 Å². The third-order valence-corrected chi connectivity index (χ3v) is 5.01. The average molecular weight is 507 g/mol. The van der Waals surface area contributed by atoms with Crippen LogP contribution >= 0.6 is 0 Å². The number of nitrogens with one attached hydrogen (secondary N) is 1. The lowest BCUT2D eigenvalue weighted by molar-refractivity contribution is -0.140. The Morgan fingerprint density at radius 2 is 1.67 bits per heavy atom. The van der Waals surface area contributed by atoms with Crippen LogP contribution in [0.15, 0.2) is 69.4 Å². The van der Waals surface area contributed by atoms with E-state index in [1.54, 1.807) is 0 Å². The number of carboxylic acid groups (broad SMARTS) is 1. The van der Waals surface area contributed by atoms with Gasteiger partial charge in [0.2, 0.25) is 5.75 Å². The first-order valence-electron chi connectivity index (χ1n) is 9.82. The molecular formula is C21H13F4N5O6. The van der Waals surface area contributed by atoms with Crippen molar-refractivity contribution in [1.29, 1.82) is 0 Å². The Balaban J connectivity index is 1.88. The minimum atomic E-state index is -5.14. The van der Waals surface area contributed by atoms with Crippen molar-refractivity contribution < 1.29 is 32.2 Å². The predicted molar refractivity (Wildman–Crippen MR) is 113 cm³/mol. The molecule has 2 aromatic heterocycles. The van der Waals surface area contributed by atoms with Crippen molar-refractivity contribution >= 4 is 6.16 Å². The second kappa shape index (κ2) is 9.01. The topological polar surface area (TPSA) is 141 Å². The number of H-pyrrole nitrogens is 1. The van der Waals surface area contributed by atoms with E-state index in [2.05, 4.69) is 14.9 Å². The molecule has 0 bridgehead atoms. The van der Waals surface area contributed by atoms with Crippen LogP contribution in [0.5, 0.6) is 5.75 Å². The number of benzene rings is 2. The predicted octanol–water partition coefficient (Wildman–Crippen LogP) is 2.14. The van der Waals surface area contributed by atoms with E-state index in [4.69, 9.17) is 5.11 Å². The largest absolute Gasteiger partial charge is 0.511 e. The molecule has 15 heteroatoms. The third-order valence-electron chi connectivity index (χ3n) is 5.01. The zero-order valence-corrected chi connectivity index (χ0v) is 17.7. The highest BCUT2D eigenvalue weighted by molar-refractivity contribution is 5.60. The Labute approximate surface area is 196 Å². The molecule has 36 heavy (non-hydrogen) atoms. The summed E-state index contributed by atoms with van der Waals surface area (Å²) in [7, 11) is 0. The first kappa shape index (κ1) is 24.2. The van der Waals surface area contributed by atoms with Crippen molar-refractivity contribution in [3.05, 3.63) is 103 Å². The van der Waals surface area contributed by atoms with E-state index in [0.717, 1.165) is 27.5 Å². The van der Waals surface area contributed by atoms with Gasteiger partial charge in [-0.1, -0.05) is 12.1 Å². The molecular weight excluding hydrogens is 494 g/mol. The molecule has 0 spiro atoms. The van der Waals surface area contributed by atoms with Crippen LogP contribution in [-0.4, -0.2) is 35.2 Å². The summed E-state index contributed by atoms with van der Waals surface area (Å²) in [6.45, 7) is -1.04. The van der Waals surface area contributed by atoms with Crippen molar-refractivity contribution in [2.75, 3.05) is 0 Å². The first-order chi connectivity index (χ1) is 17.0. The second-order valence-corrected chi connectivity index (χ2v) is 7.22. The summed E-state index contributed by atoms with van der Waals surface area (Å²) >= 11 is 0. The number of carbonyl (C=O) groups is 1. The molecule has 0 saturated heterocycles. The summed E-state index contributed by atoms with van der Waals surface area (Å²) in [4.78, 5) is 48.7. The number of hydrogen-bond donors (Lipinski definition) is 2. The van der Waals surface area contributed by atoms with Crippen LogP contribution in [0.25, 0.3) is 11.4 Å². The summed E-state index contributed by atoms with van der Waals surface area (Å²) in [5, 5.41) is 14.7. The Morgan fingerprint density at radius 1 is 1.03 bits per heavy atom. The monoisotopic (exact) mass is 507 g/mol. The molecule has 11 nitrogen and oxygen atoms in total. The van der Waals surface area contributed by atoms with E-state index in [1.165, 1.54) is 30.6 Å². The van der Waals surface area contributed by atoms with Gasteiger partial charge in [0.1, 0.15) is 12.1 Å². The number of alkyl halides is 3. The molecule has 0 aliphatic rings. The van der Waals surface area contributed by atoms with Crippen LogP contribution in [0.1, 0.15) is 11.1 Å². The molecule has 0 saturated carbocycles. The molecule has 0 radical (unpaired) electrons. The Hall–Kier alpha value is -4.95. The Kier molecular flexibility index (Phi) is 6.05. The van der Waals surface area contributed by atoms with Crippen LogP contribution in [-0.2, 0) is 12.7 Å². The van der Waals surface area contributed by atoms with Crippen LogP contribution in [0.3, 0.4) is 0 Å². The van der Waals surface area contributed by atoms with Crippen molar-refractivity contribution in [3.63, 3.8) is 0 Å². The van der Waals surface area contributed by atoms with Gasteiger partial charge >= 0.3 is 23.7 Å². The number of aromatic amines is 1. The van der Waals surface area contributed by atoms with E-state index in [-0.39, 0.29) is 10.3 Å². The minimum Gasteiger partial charge on any atom is -0.449 e. The quantitative estimate of drug-likeness (QED) is 0.311. The van der Waals surface area contributed by atoms with Gasteiger partial charge in [-0.05, 0) is 35.9 Å². The maximum Gasteiger partial charge on any atom is 0.511 e. The lowest BCUT2D eigenvalue weighted by Gasteiger charge is -2.16. The van der Waals surface area contributed by atoms with Crippen LogP contribution in [0.2, 0.25) is 0 Å². The fourth-order valence-corrected chi connectivity index (χ4v) is 3.46. The van der Waals surface area contributed by atoms with Gasteiger partial charge in [0.05, 0.1) is 29.7 Å². The number of nitrogens with zero attached hydrogens (tertiary/aromatic N) is 4. The summed E-state index contributed by atoms with van der Waals surface area (Å²) in [6.07, 6.45) is -5.11. The SMILES string of the molecule is O=C(O)Oc1cn(-c2ccc(-n3cn[nH]c3=O)cc2)c(=O)n(Cc2cccc(F)c2C(F)(F)F)c1=O. The van der Waals surface area contributed by atoms with E-state index in [9.17, 15) is 36.7 Å². The third kappa shape index (κ3) is 4.53. The Bertz CT molecular complexity index is 1630. The van der Waals surface area contributed by atoms with Gasteiger partial charge in [0.25, 0.3) is 5.56 Å². The second-order valence-electron chi connectivity index (χ2n) is 7.22. The summed E-state index contributed by atoms with van der Waals surface area (Å²) in [5.41, 5.74) is -5.12. The molecule has 0 fully saturated rings. The smallest absolute Gasteiger partial charge is 0.449 e. The minimum absolute atomic E-state index is 0.0413. The highest BCUT2D eigenvalue weighted by Crippen LogP contribution is 2.34. The number of halogens is 4. The summed E-state index contributed by atoms with van der Waals surface area (Å²) in [6, 6.07) is 7.84. The Morgan fingerprint density at radius 3 is 2.22 bits per heavy atom. The van der Waals surface area contributed by atoms with Gasteiger partial charge in [0, 0.05) is 0 Å². The fourth-order valence-electron chi connectivity index (χ4n) is 3.46. The molecule has 186 valence electrons. The van der Waals surface area contributed by atoms with E-state index in [1.807, 2.05) is 0 Å². The van der Waals surface area contributed by atoms with Crippen LogP contribution in [0.4, 0.5) is 22.4 Å². The molecule has 0 aliphatic heterocycles. The molecule has 0 unspecified atom stereocenters. The number of aromatic nitrogens is 5. The van der Waals surface area contributed by atoms with Crippen molar-refractivity contribution in [2.24, 2.45) is 0 Å². The lowest BCUT2D eigenvalue weighted by Crippen LogP contribution is -2.40. The molecule has 0 aliphatic carbocycles. The standard InChI is InChI=1S/C21H13F4N5O6/c22-14-3-1-2-11(16(14)21(23,24)25)8-29-17(31)15(36-20(34)35)9-28(19(29)33)12-4-6-13(7-5-12)30-10-26-27-18(30)32/h1-7,9-10H,8H2,(H,27,32)(H,34,35). The molecule has 0 atom stereocenters. The molecule has 2 heterocycles. The number of hydrogen-bond acceptors (Lipinski definition) is 6. The molecule has 4 aromatic rings. The highest BCUT2D eigenvalue weighted by Gasteiger charge is 2.37. The average Bonchev–Trinajstić information content (AvgIpc) is 3.23. The first-order valence-corrected chi connectivity index (χ1v) is 9.82. The van der Waals surface area contributed by atoms with Gasteiger partial charge in [-0.2, -0.15) is 18.3 Å². The molecule has 0 amide bonds. The van der Waals surface area contributed by atoms with Crippen LogP contribution < -0.4 is 21.7 Å². The van der Waals surface area contributed by atoms with Gasteiger partial charge in [-0.15, -0.1) is 0 Å². The maximum absolute atomic E-state index is 14.0. The van der Waals surface area contributed by atoms with Crippen molar-refractivity contribution in [1.82, 2.24) is 23.9 Å². The van der Waals surface area contributed by atoms with Gasteiger partial charge in [0.15, 0.2) is 0 Å². The van der Waals surface area contributed by atoms with E-state index >= 15 is 0 Å². The van der Waals surface area contributed by atoms with Crippen LogP contribution in [0, 0.1) is 5.82 Å². The van der Waals surface area contributed by atoms with E-state index < -0.39 is 58.5 Å². The fraction of sp³-hybridized carbons (Fsp3) is 0.0952. The molecule has 4 rings (SSSR count). The van der Waals surface area contributed by atoms with Crippen molar-refractivity contribution in [3.8, 4) is 17.1 Å².